The standard InChI is InChI=1S/C9H8BrN3/c10-8-1-3-9(4-2-8)12-13-6-5-11-7-13/h1-7,12H. The maximum Gasteiger partial charge on any atom is 0.114 e. The highest BCUT2D eigenvalue weighted by Gasteiger charge is 1.91. The van der Waals surface area contributed by atoms with Crippen molar-refractivity contribution in [3.8, 4) is 0 Å². The average Bonchev–Trinajstić information content (AvgIpc) is 2.62. The van der Waals surface area contributed by atoms with Gasteiger partial charge in [-0.3, -0.25) is 10.1 Å². The Morgan fingerprint density at radius 3 is 2.62 bits per heavy atom. The molecule has 13 heavy (non-hydrogen) atoms. The molecule has 2 aromatic rings. The summed E-state index contributed by atoms with van der Waals surface area (Å²) in [5.41, 5.74) is 4.17. The Labute approximate surface area is 84.5 Å². The molecule has 0 bridgehead atoms. The second-order valence-electron chi connectivity index (χ2n) is 2.59. The maximum absolute atomic E-state index is 3.93. The molecule has 0 radical (unpaired) electrons. The summed E-state index contributed by atoms with van der Waals surface area (Å²) in [4.78, 5) is 3.93. The second-order valence-corrected chi connectivity index (χ2v) is 3.50. The molecule has 0 atom stereocenters. The van der Waals surface area contributed by atoms with Crippen LogP contribution in [0.15, 0.2) is 47.5 Å². The molecule has 0 saturated carbocycles. The molecule has 0 spiro atoms. The summed E-state index contributed by atoms with van der Waals surface area (Å²) in [6.07, 6.45) is 5.29. The topological polar surface area (TPSA) is 29.9 Å². The highest BCUT2D eigenvalue weighted by Crippen LogP contribution is 2.13. The molecule has 4 heteroatoms. The summed E-state index contributed by atoms with van der Waals surface area (Å²) in [7, 11) is 0. The van der Waals surface area contributed by atoms with Crippen molar-refractivity contribution in [3.05, 3.63) is 47.5 Å². The van der Waals surface area contributed by atoms with Gasteiger partial charge in [0.2, 0.25) is 0 Å². The first-order valence-electron chi connectivity index (χ1n) is 3.85. The van der Waals surface area contributed by atoms with E-state index in [0.29, 0.717) is 0 Å². The molecule has 0 aliphatic heterocycles. The fourth-order valence-corrected chi connectivity index (χ4v) is 1.26. The number of nitrogens with zero attached hydrogens (tertiary/aromatic N) is 2. The zero-order valence-electron chi connectivity index (χ0n) is 6.81. The van der Waals surface area contributed by atoms with E-state index in [9.17, 15) is 0 Å². The van der Waals surface area contributed by atoms with E-state index in [1.807, 2.05) is 30.5 Å². The Kier molecular flexibility index (Phi) is 2.31. The monoisotopic (exact) mass is 237 g/mol. The van der Waals surface area contributed by atoms with Crippen molar-refractivity contribution in [2.45, 2.75) is 0 Å². The van der Waals surface area contributed by atoms with Crippen molar-refractivity contribution in [2.75, 3.05) is 5.43 Å². The first-order chi connectivity index (χ1) is 6.34. The van der Waals surface area contributed by atoms with E-state index in [4.69, 9.17) is 0 Å². The quantitative estimate of drug-likeness (QED) is 0.871. The van der Waals surface area contributed by atoms with E-state index < -0.39 is 0 Å². The minimum absolute atomic E-state index is 1.03. The van der Waals surface area contributed by atoms with Gasteiger partial charge in [0.1, 0.15) is 6.33 Å². The van der Waals surface area contributed by atoms with E-state index in [1.165, 1.54) is 0 Å². The lowest BCUT2D eigenvalue weighted by atomic mass is 10.3. The maximum atomic E-state index is 3.93. The number of hydrogen-bond acceptors (Lipinski definition) is 2. The zero-order chi connectivity index (χ0) is 9.10. The predicted molar refractivity (Wildman–Crippen MR) is 55.4 cm³/mol. The van der Waals surface area contributed by atoms with Crippen molar-refractivity contribution < 1.29 is 0 Å². The minimum Gasteiger partial charge on any atom is -0.293 e. The Morgan fingerprint density at radius 2 is 2.00 bits per heavy atom. The van der Waals surface area contributed by atoms with Crippen LogP contribution < -0.4 is 5.43 Å². The van der Waals surface area contributed by atoms with E-state index in [-0.39, 0.29) is 0 Å². The zero-order valence-corrected chi connectivity index (χ0v) is 8.40. The van der Waals surface area contributed by atoms with Crippen LogP contribution in [0.3, 0.4) is 0 Å². The molecule has 2 rings (SSSR count). The number of hydrogen-bond donors (Lipinski definition) is 1. The number of nitrogens with one attached hydrogen (secondary N) is 1. The summed E-state index contributed by atoms with van der Waals surface area (Å²) < 4.78 is 2.87. The lowest BCUT2D eigenvalue weighted by Crippen LogP contribution is -2.05. The van der Waals surface area contributed by atoms with Crippen LogP contribution in [0, 0.1) is 0 Å². The van der Waals surface area contributed by atoms with Crippen LogP contribution in [-0.4, -0.2) is 9.66 Å². The minimum atomic E-state index is 1.03. The van der Waals surface area contributed by atoms with Crippen LogP contribution in [0.1, 0.15) is 0 Å². The average molecular weight is 238 g/mol. The Hall–Kier alpha value is -1.29. The van der Waals surface area contributed by atoms with Crippen LogP contribution in [0.4, 0.5) is 5.69 Å². The third-order valence-electron chi connectivity index (χ3n) is 1.61. The molecule has 0 saturated heterocycles. The van der Waals surface area contributed by atoms with Crippen molar-refractivity contribution in [2.24, 2.45) is 0 Å². The van der Waals surface area contributed by atoms with E-state index in [0.717, 1.165) is 10.2 Å². The van der Waals surface area contributed by atoms with Crippen LogP contribution in [0.5, 0.6) is 0 Å². The Bertz CT molecular complexity index is 366. The Balaban J connectivity index is 2.15. The Morgan fingerprint density at radius 1 is 1.23 bits per heavy atom. The van der Waals surface area contributed by atoms with Gasteiger partial charge < -0.3 is 0 Å². The van der Waals surface area contributed by atoms with Crippen molar-refractivity contribution in [1.29, 1.82) is 0 Å². The fraction of sp³-hybridized carbons (Fsp3) is 0. The van der Waals surface area contributed by atoms with Gasteiger partial charge in [-0.2, -0.15) is 0 Å². The second kappa shape index (κ2) is 3.62. The van der Waals surface area contributed by atoms with Gasteiger partial charge in [-0.05, 0) is 24.3 Å². The number of rotatable bonds is 2. The lowest BCUT2D eigenvalue weighted by Gasteiger charge is -2.05. The third-order valence-corrected chi connectivity index (χ3v) is 2.14. The molecular weight excluding hydrogens is 230 g/mol. The summed E-state index contributed by atoms with van der Waals surface area (Å²) in [5.74, 6) is 0. The first-order valence-corrected chi connectivity index (χ1v) is 4.64. The molecule has 66 valence electrons. The number of aromatic nitrogens is 2. The van der Waals surface area contributed by atoms with Gasteiger partial charge in [0, 0.05) is 16.9 Å². The fourth-order valence-electron chi connectivity index (χ4n) is 0.999. The van der Waals surface area contributed by atoms with Crippen molar-refractivity contribution in [3.63, 3.8) is 0 Å². The lowest BCUT2D eigenvalue weighted by molar-refractivity contribution is 0.955. The molecular formula is C9H8BrN3. The first kappa shape index (κ1) is 8.31. The molecule has 1 N–H and O–H groups in total. The molecule has 0 aliphatic carbocycles. The van der Waals surface area contributed by atoms with Gasteiger partial charge in [-0.25, -0.2) is 4.98 Å². The number of imidazole rings is 1. The van der Waals surface area contributed by atoms with Gasteiger partial charge in [-0.15, -0.1) is 0 Å². The smallest absolute Gasteiger partial charge is 0.114 e. The molecule has 1 aromatic heterocycles. The molecule has 0 amide bonds. The molecule has 0 fully saturated rings. The predicted octanol–water partition coefficient (Wildman–Crippen LogP) is 2.52. The molecule has 0 unspecified atom stereocenters. The SMILES string of the molecule is Brc1ccc(Nn2ccnc2)cc1. The van der Waals surface area contributed by atoms with Crippen molar-refractivity contribution >= 4 is 21.6 Å². The van der Waals surface area contributed by atoms with Gasteiger partial charge in [0.15, 0.2) is 0 Å². The molecule has 1 heterocycles. The number of benzene rings is 1. The largest absolute Gasteiger partial charge is 0.293 e. The van der Waals surface area contributed by atoms with Gasteiger partial charge in [-0.1, -0.05) is 15.9 Å². The van der Waals surface area contributed by atoms with Crippen LogP contribution in [0.25, 0.3) is 0 Å². The molecule has 0 aliphatic rings. The highest BCUT2D eigenvalue weighted by atomic mass is 79.9. The number of anilines is 1. The summed E-state index contributed by atoms with van der Waals surface area (Å²) >= 11 is 3.38. The van der Waals surface area contributed by atoms with Gasteiger partial charge in [0.05, 0.1) is 5.69 Å². The van der Waals surface area contributed by atoms with Crippen molar-refractivity contribution in [1.82, 2.24) is 9.66 Å². The van der Waals surface area contributed by atoms with E-state index >= 15 is 0 Å². The normalized spacial score (nSPS) is 9.92. The van der Waals surface area contributed by atoms with Crippen LogP contribution in [0.2, 0.25) is 0 Å². The van der Waals surface area contributed by atoms with Gasteiger partial charge >= 0.3 is 0 Å². The highest BCUT2D eigenvalue weighted by molar-refractivity contribution is 9.10. The van der Waals surface area contributed by atoms with Crippen LogP contribution in [-0.2, 0) is 0 Å². The van der Waals surface area contributed by atoms with E-state index in [2.05, 4.69) is 26.3 Å². The van der Waals surface area contributed by atoms with Crippen LogP contribution >= 0.6 is 15.9 Å². The number of halogens is 1. The summed E-state index contributed by atoms with van der Waals surface area (Å²) in [6, 6.07) is 7.95. The summed E-state index contributed by atoms with van der Waals surface area (Å²) in [6.45, 7) is 0. The van der Waals surface area contributed by atoms with E-state index in [1.54, 1.807) is 17.2 Å². The third kappa shape index (κ3) is 2.09. The van der Waals surface area contributed by atoms with Gasteiger partial charge in [0.25, 0.3) is 0 Å². The molecule has 1 aromatic carbocycles. The summed E-state index contributed by atoms with van der Waals surface area (Å²) in [5, 5.41) is 0. The molecule has 3 nitrogen and oxygen atoms in total.